The van der Waals surface area contributed by atoms with Gasteiger partial charge in [0.05, 0.1) is 6.04 Å². The predicted molar refractivity (Wildman–Crippen MR) is 98.4 cm³/mol. The highest BCUT2D eigenvalue weighted by atomic mass is 35.5. The fraction of sp³-hybridized carbons (Fsp3) is 0.588. The van der Waals surface area contributed by atoms with Gasteiger partial charge in [-0.1, -0.05) is 36.8 Å². The summed E-state index contributed by atoms with van der Waals surface area (Å²) in [4.78, 5) is 14.8. The van der Waals surface area contributed by atoms with Crippen molar-refractivity contribution in [3.63, 3.8) is 0 Å². The van der Waals surface area contributed by atoms with Gasteiger partial charge in [-0.3, -0.25) is 9.69 Å². The molecule has 23 heavy (non-hydrogen) atoms. The van der Waals surface area contributed by atoms with Crippen LogP contribution in [0.3, 0.4) is 0 Å². The molecule has 2 unspecified atom stereocenters. The summed E-state index contributed by atoms with van der Waals surface area (Å²) in [5, 5.41) is 3.19. The average molecular weight is 360 g/mol. The number of amides is 1. The van der Waals surface area contributed by atoms with Crippen LogP contribution in [0, 0.1) is 0 Å². The van der Waals surface area contributed by atoms with Gasteiger partial charge >= 0.3 is 0 Å². The summed E-state index contributed by atoms with van der Waals surface area (Å²) in [6, 6.07) is 10.4. The molecule has 3 atom stereocenters. The maximum absolute atomic E-state index is 12.3. The summed E-state index contributed by atoms with van der Waals surface area (Å²) < 4.78 is 0. The number of rotatable bonds is 4. The Labute approximate surface area is 151 Å². The number of nitrogens with two attached hydrogens (primary N) is 1. The van der Waals surface area contributed by atoms with Crippen molar-refractivity contribution in [2.75, 3.05) is 13.1 Å². The molecule has 0 aliphatic carbocycles. The number of nitrogens with one attached hydrogen (secondary N) is 1. The van der Waals surface area contributed by atoms with Crippen LogP contribution in [-0.2, 0) is 11.2 Å². The van der Waals surface area contributed by atoms with Crippen molar-refractivity contribution in [2.45, 2.75) is 50.2 Å². The third-order valence-electron chi connectivity index (χ3n) is 4.82. The van der Waals surface area contributed by atoms with Gasteiger partial charge < -0.3 is 11.1 Å². The summed E-state index contributed by atoms with van der Waals surface area (Å²) in [7, 11) is 0. The van der Waals surface area contributed by atoms with Crippen LogP contribution >= 0.6 is 24.8 Å². The molecule has 2 aliphatic heterocycles. The minimum Gasteiger partial charge on any atom is -0.350 e. The Balaban J connectivity index is 0.00000132. The third-order valence-corrected chi connectivity index (χ3v) is 4.82. The number of piperidine rings is 1. The average Bonchev–Trinajstić information content (AvgIpc) is 2.91. The van der Waals surface area contributed by atoms with Gasteiger partial charge in [-0.2, -0.15) is 0 Å². The second-order valence-corrected chi connectivity index (χ2v) is 6.30. The fourth-order valence-electron chi connectivity index (χ4n) is 3.67. The van der Waals surface area contributed by atoms with Crippen molar-refractivity contribution in [3.05, 3.63) is 35.9 Å². The zero-order valence-electron chi connectivity index (χ0n) is 13.3. The van der Waals surface area contributed by atoms with Crippen LogP contribution in [-0.4, -0.2) is 42.0 Å². The molecular formula is C17H27Cl2N3O. The predicted octanol–water partition coefficient (Wildman–Crippen LogP) is 2.14. The van der Waals surface area contributed by atoms with E-state index >= 15 is 0 Å². The number of halogens is 2. The summed E-state index contributed by atoms with van der Waals surface area (Å²) in [6.45, 7) is 2.30. The Kier molecular flexibility index (Phi) is 8.34. The molecule has 2 fully saturated rings. The number of benzene rings is 1. The molecule has 0 spiro atoms. The van der Waals surface area contributed by atoms with Crippen molar-refractivity contribution in [2.24, 2.45) is 5.73 Å². The molecule has 1 amide bonds. The molecule has 0 aromatic heterocycles. The third kappa shape index (κ3) is 5.08. The van der Waals surface area contributed by atoms with E-state index in [1.807, 2.05) is 30.3 Å². The lowest BCUT2D eigenvalue weighted by atomic mass is 9.98. The van der Waals surface area contributed by atoms with Gasteiger partial charge in [0, 0.05) is 18.6 Å². The van der Waals surface area contributed by atoms with Crippen LogP contribution in [0.15, 0.2) is 30.3 Å². The van der Waals surface area contributed by atoms with Gasteiger partial charge in [0.15, 0.2) is 0 Å². The van der Waals surface area contributed by atoms with Crippen LogP contribution in [0.2, 0.25) is 0 Å². The Morgan fingerprint density at radius 1 is 1.17 bits per heavy atom. The van der Waals surface area contributed by atoms with Crippen LogP contribution in [0.25, 0.3) is 0 Å². The SMILES string of the molecule is Cl.Cl.N[C@@H](Cc1ccccc1)C(=O)NC1CCN2CCCCC12. The Bertz CT molecular complexity index is 486. The molecule has 1 aromatic rings. The van der Waals surface area contributed by atoms with Gasteiger partial charge in [-0.15, -0.1) is 24.8 Å². The monoisotopic (exact) mass is 359 g/mol. The molecule has 2 aliphatic rings. The normalized spacial score (nSPS) is 24.7. The van der Waals surface area contributed by atoms with E-state index in [-0.39, 0.29) is 30.7 Å². The first kappa shape index (κ1) is 20.2. The number of carbonyl (C=O) groups excluding carboxylic acids is 1. The molecule has 2 heterocycles. The van der Waals surface area contributed by atoms with Crippen LogP contribution in [0.1, 0.15) is 31.2 Å². The van der Waals surface area contributed by atoms with Crippen molar-refractivity contribution < 1.29 is 4.79 Å². The van der Waals surface area contributed by atoms with E-state index in [4.69, 9.17) is 5.73 Å². The Morgan fingerprint density at radius 2 is 1.91 bits per heavy atom. The zero-order chi connectivity index (χ0) is 14.7. The minimum absolute atomic E-state index is 0. The topological polar surface area (TPSA) is 58.4 Å². The van der Waals surface area contributed by atoms with E-state index < -0.39 is 6.04 Å². The second kappa shape index (κ2) is 9.48. The first-order chi connectivity index (χ1) is 10.2. The van der Waals surface area contributed by atoms with Crippen LogP contribution < -0.4 is 11.1 Å². The number of nitrogens with zero attached hydrogens (tertiary/aromatic N) is 1. The molecule has 3 N–H and O–H groups in total. The lowest BCUT2D eigenvalue weighted by Crippen LogP contribution is -2.51. The smallest absolute Gasteiger partial charge is 0.237 e. The standard InChI is InChI=1S/C17H25N3O.2ClH/c18-14(12-13-6-2-1-3-7-13)17(21)19-15-9-11-20-10-5-4-8-16(15)20;;/h1-3,6-7,14-16H,4-5,8-12,18H2,(H,19,21);2*1H/t14-,15?,16?;;/m0../s1. The molecular weight excluding hydrogens is 333 g/mol. The van der Waals surface area contributed by atoms with Crippen LogP contribution in [0.5, 0.6) is 0 Å². The lowest BCUT2D eigenvalue weighted by molar-refractivity contribution is -0.123. The first-order valence-electron chi connectivity index (χ1n) is 8.08. The molecule has 0 radical (unpaired) electrons. The van der Waals surface area contributed by atoms with E-state index in [0.717, 1.165) is 18.5 Å². The largest absolute Gasteiger partial charge is 0.350 e. The van der Waals surface area contributed by atoms with Gasteiger partial charge in [0.2, 0.25) is 5.91 Å². The summed E-state index contributed by atoms with van der Waals surface area (Å²) in [6.07, 6.45) is 5.45. The zero-order valence-corrected chi connectivity index (χ0v) is 15.0. The van der Waals surface area contributed by atoms with E-state index in [2.05, 4.69) is 10.2 Å². The molecule has 0 saturated carbocycles. The molecule has 0 bridgehead atoms. The lowest BCUT2D eigenvalue weighted by Gasteiger charge is -2.32. The van der Waals surface area contributed by atoms with Crippen molar-refractivity contribution in [1.82, 2.24) is 10.2 Å². The highest BCUT2D eigenvalue weighted by Gasteiger charge is 2.36. The molecule has 4 nitrogen and oxygen atoms in total. The number of hydrogen-bond acceptors (Lipinski definition) is 3. The van der Waals surface area contributed by atoms with Crippen LogP contribution in [0.4, 0.5) is 0 Å². The summed E-state index contributed by atoms with van der Waals surface area (Å²) in [5.74, 6) is -0.00345. The number of carbonyl (C=O) groups is 1. The van der Waals surface area contributed by atoms with E-state index in [9.17, 15) is 4.79 Å². The fourth-order valence-corrected chi connectivity index (χ4v) is 3.67. The highest BCUT2D eigenvalue weighted by Crippen LogP contribution is 2.27. The maximum Gasteiger partial charge on any atom is 0.237 e. The van der Waals surface area contributed by atoms with Crippen molar-refractivity contribution in [1.29, 1.82) is 0 Å². The van der Waals surface area contributed by atoms with E-state index in [0.29, 0.717) is 18.5 Å². The number of fused-ring (bicyclic) bond motifs is 1. The van der Waals surface area contributed by atoms with Gasteiger partial charge in [0.1, 0.15) is 0 Å². The van der Waals surface area contributed by atoms with E-state index in [1.165, 1.54) is 25.8 Å². The van der Waals surface area contributed by atoms with Gasteiger partial charge in [-0.25, -0.2) is 0 Å². The maximum atomic E-state index is 12.3. The summed E-state index contributed by atoms with van der Waals surface area (Å²) in [5.41, 5.74) is 7.19. The van der Waals surface area contributed by atoms with Gasteiger partial charge in [-0.05, 0) is 37.8 Å². The van der Waals surface area contributed by atoms with Crippen molar-refractivity contribution in [3.8, 4) is 0 Å². The number of hydrogen-bond donors (Lipinski definition) is 2. The molecule has 3 rings (SSSR count). The Morgan fingerprint density at radius 3 is 2.65 bits per heavy atom. The highest BCUT2D eigenvalue weighted by molar-refractivity contribution is 5.85. The molecule has 130 valence electrons. The molecule has 1 aromatic carbocycles. The Hall–Kier alpha value is -0.810. The molecule has 2 saturated heterocycles. The quantitative estimate of drug-likeness (QED) is 0.865. The minimum atomic E-state index is -0.454. The van der Waals surface area contributed by atoms with E-state index in [1.54, 1.807) is 0 Å². The van der Waals surface area contributed by atoms with Crippen molar-refractivity contribution >= 4 is 30.7 Å². The first-order valence-corrected chi connectivity index (χ1v) is 8.08. The van der Waals surface area contributed by atoms with Gasteiger partial charge in [0.25, 0.3) is 0 Å². The second-order valence-electron chi connectivity index (χ2n) is 6.30. The molecule has 6 heteroatoms. The summed E-state index contributed by atoms with van der Waals surface area (Å²) >= 11 is 0.